The Morgan fingerprint density at radius 2 is 1.96 bits per heavy atom. The van der Waals surface area contributed by atoms with Crippen LogP contribution in [0.2, 0.25) is 0 Å². The zero-order valence-corrected chi connectivity index (χ0v) is 15.3. The molecule has 0 spiro atoms. The Morgan fingerprint density at radius 3 is 2.48 bits per heavy atom. The van der Waals surface area contributed by atoms with E-state index in [0.29, 0.717) is 0 Å². The Balaban J connectivity index is 2.44. The summed E-state index contributed by atoms with van der Waals surface area (Å²) in [4.78, 5) is 22.9. The van der Waals surface area contributed by atoms with E-state index in [1.165, 1.54) is 6.92 Å². The Kier molecular flexibility index (Phi) is 5.00. The summed E-state index contributed by atoms with van der Waals surface area (Å²) in [5, 5.41) is 10.6. The quantitative estimate of drug-likeness (QED) is 0.526. The number of sulfone groups is 1. The lowest BCUT2D eigenvalue weighted by Crippen LogP contribution is -2.47. The van der Waals surface area contributed by atoms with Gasteiger partial charge >= 0.3 is 5.69 Å². The van der Waals surface area contributed by atoms with Crippen LogP contribution in [-0.4, -0.2) is 61.6 Å². The van der Waals surface area contributed by atoms with Crippen molar-refractivity contribution in [2.45, 2.75) is 30.6 Å². The number of nitrogens with zero attached hydrogens (tertiary/aromatic N) is 1. The van der Waals surface area contributed by atoms with E-state index in [1.54, 1.807) is 0 Å². The van der Waals surface area contributed by atoms with Crippen LogP contribution in [0.3, 0.4) is 0 Å². The van der Waals surface area contributed by atoms with Crippen LogP contribution in [0.15, 0.2) is 15.8 Å². The third-order valence-electron chi connectivity index (χ3n) is 3.82. The van der Waals surface area contributed by atoms with Crippen LogP contribution in [0.25, 0.3) is 0 Å². The summed E-state index contributed by atoms with van der Waals surface area (Å²) in [6.45, 7) is 0.673. The van der Waals surface area contributed by atoms with E-state index in [2.05, 4.69) is 4.18 Å². The number of aliphatic hydroxyl groups is 1. The molecule has 13 heteroatoms. The second kappa shape index (κ2) is 6.32. The molecule has 11 nitrogen and oxygen atoms in total. The van der Waals surface area contributed by atoms with Gasteiger partial charge in [0.25, 0.3) is 15.7 Å². The molecule has 0 aromatic carbocycles. The second-order valence-corrected chi connectivity index (χ2v) is 9.76. The van der Waals surface area contributed by atoms with Gasteiger partial charge in [0.15, 0.2) is 14.8 Å². The summed E-state index contributed by atoms with van der Waals surface area (Å²) in [7, 11) is -8.03. The molecule has 142 valence electrons. The fourth-order valence-electron chi connectivity index (χ4n) is 2.43. The molecular weight excluding hydrogens is 380 g/mol. The first-order valence-corrected chi connectivity index (χ1v) is 10.7. The molecule has 2 heterocycles. The van der Waals surface area contributed by atoms with Crippen molar-refractivity contribution in [1.82, 2.24) is 9.55 Å². The van der Waals surface area contributed by atoms with Crippen molar-refractivity contribution < 1.29 is 30.9 Å². The summed E-state index contributed by atoms with van der Waals surface area (Å²) in [6, 6.07) is 0. The van der Waals surface area contributed by atoms with E-state index < -0.39 is 61.5 Å². The Morgan fingerprint density at radius 1 is 1.36 bits per heavy atom. The van der Waals surface area contributed by atoms with Crippen molar-refractivity contribution in [2.24, 2.45) is 0 Å². The number of hydrogen-bond donors (Lipinski definition) is 2. The number of nitrogens with one attached hydrogen (secondary N) is 1. The highest BCUT2D eigenvalue weighted by molar-refractivity contribution is 7.92. The van der Waals surface area contributed by atoms with Gasteiger partial charge in [-0.3, -0.25) is 18.5 Å². The van der Waals surface area contributed by atoms with E-state index in [9.17, 15) is 31.5 Å². The summed E-state index contributed by atoms with van der Waals surface area (Å²) < 4.78 is 57.1. The van der Waals surface area contributed by atoms with E-state index in [1.807, 2.05) is 4.98 Å². The van der Waals surface area contributed by atoms with Crippen molar-refractivity contribution in [1.29, 1.82) is 0 Å². The minimum absolute atomic E-state index is 0.168. The molecule has 1 aromatic heterocycles. The number of aryl methyl sites for hydroxylation is 1. The van der Waals surface area contributed by atoms with Gasteiger partial charge in [0.2, 0.25) is 0 Å². The van der Waals surface area contributed by atoms with Gasteiger partial charge < -0.3 is 9.84 Å². The first kappa shape index (κ1) is 19.8. The molecule has 1 aliphatic heterocycles. The molecule has 3 atom stereocenters. The predicted molar refractivity (Wildman–Crippen MR) is 85.2 cm³/mol. The zero-order chi connectivity index (χ0) is 19.2. The number of aromatic nitrogens is 2. The van der Waals surface area contributed by atoms with Crippen LogP contribution in [0, 0.1) is 6.92 Å². The van der Waals surface area contributed by atoms with Gasteiger partial charge in [-0.05, 0) is 6.92 Å². The molecule has 0 unspecified atom stereocenters. The highest BCUT2D eigenvalue weighted by atomic mass is 32.2. The molecule has 0 bridgehead atoms. The average molecular weight is 398 g/mol. The summed E-state index contributed by atoms with van der Waals surface area (Å²) in [5.41, 5.74) is -1.31. The fraction of sp³-hybridized carbons (Fsp3) is 0.667. The van der Waals surface area contributed by atoms with Gasteiger partial charge in [-0.25, -0.2) is 13.2 Å². The lowest BCUT2D eigenvalue weighted by molar-refractivity contribution is -0.0496. The molecule has 25 heavy (non-hydrogen) atoms. The summed E-state index contributed by atoms with van der Waals surface area (Å²) in [5.74, 6) is 0. The van der Waals surface area contributed by atoms with Crippen molar-refractivity contribution >= 4 is 20.0 Å². The fourth-order valence-corrected chi connectivity index (χ4v) is 3.85. The number of rotatable bonds is 5. The molecule has 1 aromatic rings. The standard InChI is InChI=1S/C12H18N2O9S2/c1-7-5-14(11(16)13-10(7)15)9-4-12(17,24(2,18)19)8(23-9)6-22-25(3,20)21/h5,8-9,17H,4,6H2,1-3H3,(H,13,15,16)/t8-,9-,12-/m1/s1. The van der Waals surface area contributed by atoms with Gasteiger partial charge in [-0.15, -0.1) is 0 Å². The molecular formula is C12H18N2O9S2. The molecule has 0 amide bonds. The summed E-state index contributed by atoms with van der Waals surface area (Å²) >= 11 is 0. The highest BCUT2D eigenvalue weighted by Crippen LogP contribution is 2.39. The first-order valence-electron chi connectivity index (χ1n) is 6.98. The van der Waals surface area contributed by atoms with E-state index >= 15 is 0 Å². The number of ether oxygens (including phenoxy) is 1. The van der Waals surface area contributed by atoms with Gasteiger partial charge in [-0.2, -0.15) is 8.42 Å². The largest absolute Gasteiger partial charge is 0.372 e. The SMILES string of the molecule is Cc1cn([C@H]2C[C@@](O)(S(C)(=O)=O)[C@@H](COS(C)(=O)=O)O2)c(=O)[nH]c1=O. The molecule has 0 aliphatic carbocycles. The third kappa shape index (κ3) is 4.00. The van der Waals surface area contributed by atoms with Crippen molar-refractivity contribution in [2.75, 3.05) is 19.1 Å². The number of aromatic amines is 1. The van der Waals surface area contributed by atoms with Gasteiger partial charge in [-0.1, -0.05) is 0 Å². The molecule has 0 radical (unpaired) electrons. The first-order chi connectivity index (χ1) is 11.2. The van der Waals surface area contributed by atoms with Crippen molar-refractivity contribution in [3.63, 3.8) is 0 Å². The Bertz CT molecular complexity index is 992. The maximum absolute atomic E-state index is 12.0. The van der Waals surface area contributed by atoms with Crippen LogP contribution in [0.4, 0.5) is 0 Å². The smallest absolute Gasteiger partial charge is 0.330 e. The minimum atomic E-state index is -4.12. The van der Waals surface area contributed by atoms with E-state index in [-0.39, 0.29) is 5.56 Å². The van der Waals surface area contributed by atoms with Gasteiger partial charge in [0, 0.05) is 24.4 Å². The van der Waals surface area contributed by atoms with E-state index in [0.717, 1.165) is 23.3 Å². The lowest BCUT2D eigenvalue weighted by Gasteiger charge is -2.25. The van der Waals surface area contributed by atoms with E-state index in [4.69, 9.17) is 4.74 Å². The van der Waals surface area contributed by atoms with Crippen LogP contribution in [0.5, 0.6) is 0 Å². The number of H-pyrrole nitrogens is 1. The predicted octanol–water partition coefficient (Wildman–Crippen LogP) is -2.16. The molecule has 0 saturated carbocycles. The monoisotopic (exact) mass is 398 g/mol. The molecule has 1 fully saturated rings. The Labute approximate surface area is 143 Å². The van der Waals surface area contributed by atoms with Crippen molar-refractivity contribution in [3.8, 4) is 0 Å². The minimum Gasteiger partial charge on any atom is -0.372 e. The third-order valence-corrected chi connectivity index (χ3v) is 6.10. The molecule has 1 saturated heterocycles. The normalized spacial score (nSPS) is 27.5. The maximum atomic E-state index is 12.0. The molecule has 2 N–H and O–H groups in total. The maximum Gasteiger partial charge on any atom is 0.330 e. The highest BCUT2D eigenvalue weighted by Gasteiger charge is 2.55. The summed E-state index contributed by atoms with van der Waals surface area (Å²) in [6.07, 6.45) is -0.664. The van der Waals surface area contributed by atoms with Crippen LogP contribution >= 0.6 is 0 Å². The van der Waals surface area contributed by atoms with Crippen LogP contribution in [-0.2, 0) is 28.9 Å². The zero-order valence-electron chi connectivity index (χ0n) is 13.6. The lowest BCUT2D eigenvalue weighted by atomic mass is 10.2. The molecule has 1 aliphatic rings. The molecule has 2 rings (SSSR count). The topological polar surface area (TPSA) is 162 Å². The van der Waals surface area contributed by atoms with Gasteiger partial charge in [0.05, 0.1) is 12.9 Å². The Hall–Kier alpha value is -1.54. The van der Waals surface area contributed by atoms with Crippen LogP contribution < -0.4 is 11.2 Å². The number of hydrogen-bond acceptors (Lipinski definition) is 9. The van der Waals surface area contributed by atoms with Crippen LogP contribution in [0.1, 0.15) is 18.2 Å². The van der Waals surface area contributed by atoms with Crippen molar-refractivity contribution in [3.05, 3.63) is 32.6 Å². The average Bonchev–Trinajstić information content (AvgIpc) is 2.78. The second-order valence-electron chi connectivity index (χ2n) is 5.87. The van der Waals surface area contributed by atoms with Gasteiger partial charge in [0.1, 0.15) is 12.3 Å².